The van der Waals surface area contributed by atoms with Gasteiger partial charge in [-0.1, -0.05) is 59.7 Å². The molecule has 0 saturated heterocycles. The van der Waals surface area contributed by atoms with E-state index in [1.807, 2.05) is 69.3 Å². The van der Waals surface area contributed by atoms with Gasteiger partial charge in [0.15, 0.2) is 11.5 Å². The molecule has 8 heteroatoms. The Balaban J connectivity index is 1.79. The molecule has 5 rings (SSSR count). The monoisotopic (exact) mass is 474 g/mol. The van der Waals surface area contributed by atoms with Crippen LogP contribution in [-0.2, 0) is 6.18 Å². The van der Waals surface area contributed by atoms with Gasteiger partial charge in [-0.25, -0.2) is 9.97 Å². The van der Waals surface area contributed by atoms with Crippen molar-refractivity contribution in [3.63, 3.8) is 0 Å². The zero-order valence-electron chi connectivity index (χ0n) is 19.3. The standard InChI is InChI=1S/C27H21F3N4O/c1-16-6-10-19(11-7-16)24-18(3)25(20-12-8-17(2)9-13-20)34(33-24)26-31-21(22-5-4-14-35-22)15-23(32-26)27(28,29)30/h4-15H,1-3H3. The van der Waals surface area contributed by atoms with E-state index in [4.69, 9.17) is 9.52 Å². The van der Waals surface area contributed by atoms with Crippen LogP contribution in [0.25, 0.3) is 39.9 Å². The highest BCUT2D eigenvalue weighted by Crippen LogP contribution is 2.35. The Labute approximate surface area is 199 Å². The quantitative estimate of drug-likeness (QED) is 0.276. The van der Waals surface area contributed by atoms with Gasteiger partial charge in [0, 0.05) is 16.7 Å². The first-order chi connectivity index (χ1) is 16.7. The maximum absolute atomic E-state index is 13.8. The predicted octanol–water partition coefficient (Wildman–Crippen LogP) is 7.20. The maximum Gasteiger partial charge on any atom is 0.433 e. The summed E-state index contributed by atoms with van der Waals surface area (Å²) in [5.74, 6) is 0.0157. The van der Waals surface area contributed by atoms with Crippen LogP contribution in [0.4, 0.5) is 13.2 Å². The largest absolute Gasteiger partial charge is 0.463 e. The van der Waals surface area contributed by atoms with E-state index in [1.165, 1.54) is 10.9 Å². The van der Waals surface area contributed by atoms with Crippen molar-refractivity contribution >= 4 is 0 Å². The SMILES string of the molecule is Cc1ccc(-c2nn(-c3nc(-c4ccco4)cc(C(F)(F)F)n3)c(-c3ccc(C)cc3)c2C)cc1. The minimum Gasteiger partial charge on any atom is -0.463 e. The Morgan fingerprint density at radius 1 is 0.800 bits per heavy atom. The first-order valence-electron chi connectivity index (χ1n) is 10.9. The smallest absolute Gasteiger partial charge is 0.433 e. The van der Waals surface area contributed by atoms with Crippen LogP contribution in [0.15, 0.2) is 77.4 Å². The highest BCUT2D eigenvalue weighted by Gasteiger charge is 2.35. The highest BCUT2D eigenvalue weighted by molar-refractivity contribution is 5.75. The molecule has 3 heterocycles. The van der Waals surface area contributed by atoms with Gasteiger partial charge in [0.2, 0.25) is 0 Å². The normalized spacial score (nSPS) is 11.7. The Bertz CT molecular complexity index is 1480. The van der Waals surface area contributed by atoms with E-state index in [1.54, 1.807) is 12.1 Å². The van der Waals surface area contributed by atoms with E-state index in [2.05, 4.69) is 9.97 Å². The predicted molar refractivity (Wildman–Crippen MR) is 127 cm³/mol. The molecule has 2 aromatic carbocycles. The van der Waals surface area contributed by atoms with Gasteiger partial charge in [0.05, 0.1) is 17.7 Å². The molecule has 35 heavy (non-hydrogen) atoms. The van der Waals surface area contributed by atoms with Crippen molar-refractivity contribution in [1.82, 2.24) is 19.7 Å². The van der Waals surface area contributed by atoms with Crippen molar-refractivity contribution in [2.45, 2.75) is 26.9 Å². The average Bonchev–Trinajstić information content (AvgIpc) is 3.48. The van der Waals surface area contributed by atoms with Crippen LogP contribution < -0.4 is 0 Å². The summed E-state index contributed by atoms with van der Waals surface area (Å²) in [6.07, 6.45) is -3.29. The molecule has 0 amide bonds. The molecule has 176 valence electrons. The van der Waals surface area contributed by atoms with E-state index < -0.39 is 11.9 Å². The van der Waals surface area contributed by atoms with Crippen LogP contribution in [-0.4, -0.2) is 19.7 Å². The molecule has 0 aliphatic heterocycles. The number of hydrogen-bond acceptors (Lipinski definition) is 4. The summed E-state index contributed by atoms with van der Waals surface area (Å²) in [5.41, 5.74) is 4.80. The molecule has 0 atom stereocenters. The van der Waals surface area contributed by atoms with Crippen molar-refractivity contribution in [1.29, 1.82) is 0 Å². The molecule has 0 aliphatic rings. The van der Waals surface area contributed by atoms with Crippen LogP contribution >= 0.6 is 0 Å². The van der Waals surface area contributed by atoms with Gasteiger partial charge < -0.3 is 4.42 Å². The van der Waals surface area contributed by atoms with E-state index in [0.717, 1.165) is 33.9 Å². The van der Waals surface area contributed by atoms with E-state index in [9.17, 15) is 13.2 Å². The molecular weight excluding hydrogens is 453 g/mol. The fourth-order valence-corrected chi connectivity index (χ4v) is 3.90. The first kappa shape index (κ1) is 22.6. The minimum atomic E-state index is -4.68. The molecule has 0 aliphatic carbocycles. The van der Waals surface area contributed by atoms with Gasteiger partial charge in [-0.05, 0) is 39.0 Å². The highest BCUT2D eigenvalue weighted by atomic mass is 19.4. The summed E-state index contributed by atoms with van der Waals surface area (Å²) in [7, 11) is 0. The number of furan rings is 1. The van der Waals surface area contributed by atoms with Crippen molar-refractivity contribution in [3.05, 3.63) is 95.4 Å². The van der Waals surface area contributed by atoms with E-state index >= 15 is 0 Å². The lowest BCUT2D eigenvalue weighted by Gasteiger charge is -2.12. The summed E-state index contributed by atoms with van der Waals surface area (Å²) in [6.45, 7) is 5.85. The van der Waals surface area contributed by atoms with Crippen LogP contribution in [0.2, 0.25) is 0 Å². The van der Waals surface area contributed by atoms with Gasteiger partial charge in [-0.2, -0.15) is 23.0 Å². The van der Waals surface area contributed by atoms with Crippen LogP contribution in [0.3, 0.4) is 0 Å². The second-order valence-electron chi connectivity index (χ2n) is 8.38. The number of alkyl halides is 3. The Morgan fingerprint density at radius 2 is 1.43 bits per heavy atom. The van der Waals surface area contributed by atoms with Crippen molar-refractivity contribution in [2.75, 3.05) is 0 Å². The fourth-order valence-electron chi connectivity index (χ4n) is 3.90. The van der Waals surface area contributed by atoms with Crippen LogP contribution in [0.1, 0.15) is 22.4 Å². The number of nitrogens with zero attached hydrogens (tertiary/aromatic N) is 4. The molecule has 0 saturated carbocycles. The molecule has 5 nitrogen and oxygen atoms in total. The average molecular weight is 474 g/mol. The Morgan fingerprint density at radius 3 is 2.00 bits per heavy atom. The lowest BCUT2D eigenvalue weighted by Crippen LogP contribution is -2.14. The number of hydrogen-bond donors (Lipinski definition) is 0. The number of halogens is 3. The Kier molecular flexibility index (Phi) is 5.51. The lowest BCUT2D eigenvalue weighted by atomic mass is 10.0. The third-order valence-corrected chi connectivity index (χ3v) is 5.74. The number of aryl methyl sites for hydroxylation is 2. The summed E-state index contributed by atoms with van der Waals surface area (Å²) in [5, 5.41) is 4.72. The number of aromatic nitrogens is 4. The molecule has 0 N–H and O–H groups in total. The van der Waals surface area contributed by atoms with Gasteiger partial charge in [0.1, 0.15) is 5.69 Å². The molecule has 0 unspecified atom stereocenters. The second kappa shape index (κ2) is 8.54. The third-order valence-electron chi connectivity index (χ3n) is 5.74. The van der Waals surface area contributed by atoms with Gasteiger partial charge >= 0.3 is 6.18 Å². The fraction of sp³-hybridized carbons (Fsp3) is 0.148. The van der Waals surface area contributed by atoms with Gasteiger partial charge in [-0.3, -0.25) is 0 Å². The second-order valence-corrected chi connectivity index (χ2v) is 8.38. The molecule has 0 radical (unpaired) electrons. The molecule has 0 fully saturated rings. The van der Waals surface area contributed by atoms with Crippen molar-refractivity contribution < 1.29 is 17.6 Å². The maximum atomic E-state index is 13.8. The first-order valence-corrected chi connectivity index (χ1v) is 10.9. The van der Waals surface area contributed by atoms with Crippen LogP contribution in [0, 0.1) is 20.8 Å². The topological polar surface area (TPSA) is 56.7 Å². The molecular formula is C27H21F3N4O. The van der Waals surface area contributed by atoms with E-state index in [-0.39, 0.29) is 17.4 Å². The van der Waals surface area contributed by atoms with Crippen molar-refractivity contribution in [2.24, 2.45) is 0 Å². The summed E-state index contributed by atoms with van der Waals surface area (Å²) >= 11 is 0. The molecule has 5 aromatic rings. The molecule has 0 bridgehead atoms. The molecule has 0 spiro atoms. The number of rotatable bonds is 4. The van der Waals surface area contributed by atoms with E-state index in [0.29, 0.717) is 11.4 Å². The van der Waals surface area contributed by atoms with Gasteiger partial charge in [0.25, 0.3) is 5.95 Å². The number of benzene rings is 2. The summed E-state index contributed by atoms with van der Waals surface area (Å²) < 4.78 is 48.1. The summed E-state index contributed by atoms with van der Waals surface area (Å²) in [6, 6.07) is 19.6. The Hall–Kier alpha value is -4.20. The van der Waals surface area contributed by atoms with Crippen molar-refractivity contribution in [3.8, 4) is 39.9 Å². The summed E-state index contributed by atoms with van der Waals surface area (Å²) in [4.78, 5) is 8.29. The minimum absolute atomic E-state index is 0.0206. The molecule has 3 aromatic heterocycles. The van der Waals surface area contributed by atoms with Gasteiger partial charge in [-0.15, -0.1) is 0 Å². The zero-order chi connectivity index (χ0) is 24.7. The lowest BCUT2D eigenvalue weighted by molar-refractivity contribution is -0.141. The van der Waals surface area contributed by atoms with Crippen LogP contribution in [0.5, 0.6) is 0 Å². The third kappa shape index (κ3) is 4.35. The zero-order valence-corrected chi connectivity index (χ0v) is 19.3.